The number of nitrogens with zero attached hydrogens (tertiary/aromatic N) is 2. The van der Waals surface area contributed by atoms with Crippen molar-refractivity contribution in [1.29, 1.82) is 0 Å². The average molecular weight is 373 g/mol. The number of amides is 2. The Morgan fingerprint density at radius 1 is 1.24 bits per heavy atom. The molecule has 25 heavy (non-hydrogen) atoms. The van der Waals surface area contributed by atoms with E-state index in [1.54, 1.807) is 30.7 Å². The summed E-state index contributed by atoms with van der Waals surface area (Å²) in [6.07, 6.45) is 6.37. The van der Waals surface area contributed by atoms with Gasteiger partial charge in [-0.1, -0.05) is 11.6 Å². The molecule has 0 aliphatic carbocycles. The van der Waals surface area contributed by atoms with E-state index in [9.17, 15) is 9.59 Å². The molecule has 3 aromatic rings. The van der Waals surface area contributed by atoms with Crippen molar-refractivity contribution in [3.05, 3.63) is 46.5 Å². The lowest BCUT2D eigenvalue weighted by Gasteiger charge is -2.04. The third kappa shape index (κ3) is 2.86. The van der Waals surface area contributed by atoms with Gasteiger partial charge in [-0.15, -0.1) is 0 Å². The number of hydrogen-bond donors (Lipinski definition) is 2. The molecule has 0 bridgehead atoms. The zero-order valence-electron chi connectivity index (χ0n) is 12.4. The first-order chi connectivity index (χ1) is 12.0. The number of imide groups is 1. The highest BCUT2D eigenvalue weighted by atomic mass is 35.5. The number of nitrogens with one attached hydrogen (secondary N) is 1. The van der Waals surface area contributed by atoms with Crippen molar-refractivity contribution in [1.82, 2.24) is 15.3 Å². The number of nitrogen functional groups attached to an aromatic ring is 1. The lowest BCUT2D eigenvalue weighted by molar-refractivity contribution is -0.115. The molecule has 7 nitrogen and oxygen atoms in total. The number of thioether (sulfide) groups is 1. The van der Waals surface area contributed by atoms with E-state index in [0.29, 0.717) is 28.2 Å². The lowest BCUT2D eigenvalue weighted by Crippen LogP contribution is -2.17. The Bertz CT molecular complexity index is 1080. The van der Waals surface area contributed by atoms with Crippen LogP contribution in [-0.4, -0.2) is 21.1 Å². The van der Waals surface area contributed by atoms with E-state index in [0.717, 1.165) is 17.1 Å². The molecule has 1 saturated heterocycles. The number of hydrogen-bond acceptors (Lipinski definition) is 7. The minimum Gasteiger partial charge on any atom is -0.456 e. The number of furan rings is 1. The van der Waals surface area contributed by atoms with Gasteiger partial charge in [-0.2, -0.15) is 0 Å². The summed E-state index contributed by atoms with van der Waals surface area (Å²) in [5.74, 6) is -0.00465. The highest BCUT2D eigenvalue weighted by Gasteiger charge is 2.25. The van der Waals surface area contributed by atoms with Crippen LogP contribution < -0.4 is 11.1 Å². The number of carbonyl (C=O) groups excluding carboxylic acids is 2. The summed E-state index contributed by atoms with van der Waals surface area (Å²) in [5.41, 5.74) is 8.13. The smallest absolute Gasteiger partial charge is 0.290 e. The number of halogens is 1. The quantitative estimate of drug-likeness (QED) is 0.523. The third-order valence-corrected chi connectivity index (χ3v) is 4.66. The second-order valence-corrected chi connectivity index (χ2v) is 6.58. The zero-order chi connectivity index (χ0) is 17.6. The summed E-state index contributed by atoms with van der Waals surface area (Å²) >= 11 is 6.69. The van der Waals surface area contributed by atoms with Gasteiger partial charge in [0.2, 0.25) is 0 Å². The molecule has 2 amide bonds. The van der Waals surface area contributed by atoms with Crippen LogP contribution in [0.2, 0.25) is 5.15 Å². The van der Waals surface area contributed by atoms with Crippen LogP contribution in [-0.2, 0) is 4.79 Å². The van der Waals surface area contributed by atoms with Crippen LogP contribution in [0.4, 0.5) is 10.5 Å². The normalized spacial score (nSPS) is 16.0. The number of pyridine rings is 2. The average Bonchev–Trinajstić information content (AvgIpc) is 3.12. The Morgan fingerprint density at radius 3 is 2.80 bits per heavy atom. The number of fused-ring (bicyclic) bond motifs is 1. The molecule has 1 aliphatic rings. The SMILES string of the molecule is Nc1cc(-c2cncc3cc(C=C4SC(=O)NC4=O)oc23)cnc1Cl. The predicted octanol–water partition coefficient (Wildman–Crippen LogP) is 3.45. The zero-order valence-corrected chi connectivity index (χ0v) is 14.0. The summed E-state index contributed by atoms with van der Waals surface area (Å²) < 4.78 is 5.85. The summed E-state index contributed by atoms with van der Waals surface area (Å²) in [7, 11) is 0. The van der Waals surface area contributed by atoms with Gasteiger partial charge >= 0.3 is 0 Å². The van der Waals surface area contributed by atoms with Crippen molar-refractivity contribution < 1.29 is 14.0 Å². The molecule has 1 fully saturated rings. The highest BCUT2D eigenvalue weighted by Crippen LogP contribution is 2.33. The van der Waals surface area contributed by atoms with Crippen molar-refractivity contribution in [2.45, 2.75) is 0 Å². The van der Waals surface area contributed by atoms with E-state index in [1.807, 2.05) is 0 Å². The second kappa shape index (κ2) is 5.91. The topological polar surface area (TPSA) is 111 Å². The van der Waals surface area contributed by atoms with Gasteiger partial charge in [-0.3, -0.25) is 19.9 Å². The molecule has 0 spiro atoms. The highest BCUT2D eigenvalue weighted by molar-refractivity contribution is 8.18. The Balaban J connectivity index is 1.81. The minimum atomic E-state index is -0.441. The van der Waals surface area contributed by atoms with Gasteiger partial charge in [0.15, 0.2) is 5.15 Å². The molecule has 1 aliphatic heterocycles. The number of rotatable bonds is 2. The van der Waals surface area contributed by atoms with Gasteiger partial charge < -0.3 is 10.2 Å². The fraction of sp³-hybridized carbons (Fsp3) is 0. The van der Waals surface area contributed by atoms with Gasteiger partial charge in [-0.25, -0.2) is 4.98 Å². The van der Waals surface area contributed by atoms with Crippen LogP contribution in [0, 0.1) is 0 Å². The number of nitrogens with two attached hydrogens (primary N) is 1. The molecular formula is C16H9ClN4O3S. The molecule has 4 rings (SSSR count). The fourth-order valence-corrected chi connectivity index (χ4v) is 3.19. The van der Waals surface area contributed by atoms with Crippen molar-refractivity contribution in [2.75, 3.05) is 5.73 Å². The van der Waals surface area contributed by atoms with E-state index in [4.69, 9.17) is 21.8 Å². The van der Waals surface area contributed by atoms with Crippen molar-refractivity contribution in [3.63, 3.8) is 0 Å². The molecule has 0 atom stereocenters. The first kappa shape index (κ1) is 15.7. The summed E-state index contributed by atoms with van der Waals surface area (Å²) in [4.78, 5) is 31.4. The van der Waals surface area contributed by atoms with Crippen LogP contribution in [0.15, 0.2) is 40.0 Å². The third-order valence-electron chi connectivity index (χ3n) is 3.53. The molecule has 124 valence electrons. The van der Waals surface area contributed by atoms with Gasteiger partial charge in [-0.05, 0) is 23.9 Å². The molecule has 9 heteroatoms. The molecule has 3 N–H and O–H groups in total. The Hall–Kier alpha value is -2.84. The summed E-state index contributed by atoms with van der Waals surface area (Å²) in [6, 6.07) is 3.42. The van der Waals surface area contributed by atoms with Gasteiger partial charge in [0.25, 0.3) is 11.1 Å². The van der Waals surface area contributed by atoms with Crippen LogP contribution >= 0.6 is 23.4 Å². The maximum absolute atomic E-state index is 11.7. The second-order valence-electron chi connectivity index (χ2n) is 5.21. The monoisotopic (exact) mass is 372 g/mol. The summed E-state index contributed by atoms with van der Waals surface area (Å²) in [6.45, 7) is 0. The van der Waals surface area contributed by atoms with Crippen LogP contribution in [0.1, 0.15) is 5.76 Å². The van der Waals surface area contributed by atoms with E-state index >= 15 is 0 Å². The molecular weight excluding hydrogens is 364 g/mol. The van der Waals surface area contributed by atoms with Gasteiger partial charge in [0, 0.05) is 41.2 Å². The summed E-state index contributed by atoms with van der Waals surface area (Å²) in [5, 5.41) is 2.76. The molecule has 4 heterocycles. The van der Waals surface area contributed by atoms with Crippen molar-refractivity contribution in [3.8, 4) is 11.1 Å². The Kier molecular flexibility index (Phi) is 3.70. The predicted molar refractivity (Wildman–Crippen MR) is 95.8 cm³/mol. The molecule has 3 aromatic heterocycles. The number of carbonyl (C=O) groups is 2. The number of anilines is 1. The van der Waals surface area contributed by atoms with Crippen molar-refractivity contribution in [2.24, 2.45) is 0 Å². The van der Waals surface area contributed by atoms with Crippen molar-refractivity contribution >= 4 is 57.2 Å². The molecule has 0 saturated carbocycles. The standard InChI is InChI=1S/C16H9ClN4O3S/c17-14-11(18)2-7(5-20-14)10-6-19-4-8-1-9(24-13(8)10)3-12-15(22)21-16(23)25-12/h1-6H,18H2,(H,21,22,23). The van der Waals surface area contributed by atoms with E-state index < -0.39 is 11.1 Å². The minimum absolute atomic E-state index is 0.225. The largest absolute Gasteiger partial charge is 0.456 e. The van der Waals surface area contributed by atoms with Crippen LogP contribution in [0.3, 0.4) is 0 Å². The first-order valence-corrected chi connectivity index (χ1v) is 8.24. The Morgan fingerprint density at radius 2 is 2.08 bits per heavy atom. The fourth-order valence-electron chi connectivity index (χ4n) is 2.42. The maximum atomic E-state index is 11.7. The Labute approximate surface area is 150 Å². The van der Waals surface area contributed by atoms with E-state index in [1.165, 1.54) is 6.08 Å². The molecule has 0 radical (unpaired) electrons. The molecule has 0 aromatic carbocycles. The number of aromatic nitrogens is 2. The van der Waals surface area contributed by atoms with Gasteiger partial charge in [0.1, 0.15) is 11.3 Å². The first-order valence-electron chi connectivity index (χ1n) is 7.05. The lowest BCUT2D eigenvalue weighted by atomic mass is 10.1. The van der Waals surface area contributed by atoms with E-state index in [-0.39, 0.29) is 10.1 Å². The van der Waals surface area contributed by atoms with Crippen LogP contribution in [0.25, 0.3) is 28.2 Å². The van der Waals surface area contributed by atoms with Gasteiger partial charge in [0.05, 0.1) is 10.6 Å². The molecule has 0 unspecified atom stereocenters. The van der Waals surface area contributed by atoms with Crippen LogP contribution in [0.5, 0.6) is 0 Å². The van der Waals surface area contributed by atoms with E-state index in [2.05, 4.69) is 15.3 Å². The maximum Gasteiger partial charge on any atom is 0.290 e.